The molecule has 2 N–H and O–H groups in total. The van der Waals surface area contributed by atoms with Crippen molar-refractivity contribution in [3.05, 3.63) is 99.4 Å². The van der Waals surface area contributed by atoms with Gasteiger partial charge in [-0.2, -0.15) is 5.10 Å². The average molecular weight is 474 g/mol. The van der Waals surface area contributed by atoms with Crippen molar-refractivity contribution >= 4 is 50.8 Å². The molecule has 0 aliphatic heterocycles. The zero-order valence-electron chi connectivity index (χ0n) is 17.6. The van der Waals surface area contributed by atoms with Crippen molar-refractivity contribution in [2.45, 2.75) is 0 Å². The van der Waals surface area contributed by atoms with E-state index in [1.54, 1.807) is 48.5 Å². The molecule has 0 saturated heterocycles. The zero-order chi connectivity index (χ0) is 23.9. The lowest BCUT2D eigenvalue weighted by Gasteiger charge is -2.09. The van der Waals surface area contributed by atoms with E-state index in [0.717, 1.165) is 4.70 Å². The summed E-state index contributed by atoms with van der Waals surface area (Å²) in [5.41, 5.74) is 3.65. The molecular weight excluding hydrogens is 456 g/mol. The number of carbonyl (C=O) groups is 2. The molecule has 0 radical (unpaired) electrons. The quantitative estimate of drug-likeness (QED) is 0.220. The Morgan fingerprint density at radius 1 is 1.03 bits per heavy atom. The molecule has 0 unspecified atom stereocenters. The van der Waals surface area contributed by atoms with Crippen molar-refractivity contribution < 1.29 is 19.2 Å². The van der Waals surface area contributed by atoms with Gasteiger partial charge in [-0.25, -0.2) is 5.43 Å². The number of para-hydroxylation sites is 2. The average Bonchev–Trinajstić information content (AvgIpc) is 3.27. The van der Waals surface area contributed by atoms with Gasteiger partial charge in [0.25, 0.3) is 17.5 Å². The highest BCUT2D eigenvalue weighted by Crippen LogP contribution is 2.29. The third-order valence-electron chi connectivity index (χ3n) is 4.64. The molecule has 2 amide bonds. The Kier molecular flexibility index (Phi) is 6.89. The Balaban J connectivity index is 1.37. The minimum Gasteiger partial charge on any atom is -0.483 e. The number of hydrazone groups is 1. The van der Waals surface area contributed by atoms with Crippen molar-refractivity contribution in [1.29, 1.82) is 0 Å². The van der Waals surface area contributed by atoms with Crippen LogP contribution in [0.5, 0.6) is 5.75 Å². The van der Waals surface area contributed by atoms with Crippen LogP contribution in [-0.2, 0) is 4.79 Å². The molecule has 1 heterocycles. The maximum Gasteiger partial charge on any atom is 0.281 e. The fourth-order valence-corrected chi connectivity index (χ4v) is 3.99. The third kappa shape index (κ3) is 5.61. The highest BCUT2D eigenvalue weighted by atomic mass is 32.1. The van der Waals surface area contributed by atoms with E-state index in [0.29, 0.717) is 27.3 Å². The molecule has 170 valence electrons. The Bertz CT molecular complexity index is 1380. The maximum atomic E-state index is 12.5. The predicted molar refractivity (Wildman–Crippen MR) is 131 cm³/mol. The summed E-state index contributed by atoms with van der Waals surface area (Å²) in [6, 6.07) is 22.0. The number of thiophene rings is 1. The number of ether oxygens (including phenoxy) is 1. The van der Waals surface area contributed by atoms with Crippen molar-refractivity contribution in [2.75, 3.05) is 11.9 Å². The van der Waals surface area contributed by atoms with E-state index < -0.39 is 10.8 Å². The van der Waals surface area contributed by atoms with Crippen molar-refractivity contribution in [3.63, 3.8) is 0 Å². The number of anilines is 1. The highest BCUT2D eigenvalue weighted by molar-refractivity contribution is 7.20. The van der Waals surface area contributed by atoms with E-state index in [1.807, 2.05) is 18.2 Å². The van der Waals surface area contributed by atoms with Gasteiger partial charge in [-0.05, 0) is 36.4 Å². The van der Waals surface area contributed by atoms with Gasteiger partial charge in [0.1, 0.15) is 5.75 Å². The molecule has 1 aromatic heterocycles. The Morgan fingerprint density at radius 3 is 2.59 bits per heavy atom. The number of fused-ring (bicyclic) bond motifs is 1. The van der Waals surface area contributed by atoms with Crippen LogP contribution in [0, 0.1) is 10.1 Å². The number of hydrogen-bond acceptors (Lipinski definition) is 7. The number of nitro benzene ring substituents is 1. The topological polar surface area (TPSA) is 123 Å². The van der Waals surface area contributed by atoms with Crippen LogP contribution in [0.15, 0.2) is 84.0 Å². The Hall–Kier alpha value is -4.57. The molecule has 4 rings (SSSR count). The summed E-state index contributed by atoms with van der Waals surface area (Å²) in [6.07, 6.45) is 1.42. The van der Waals surface area contributed by atoms with Gasteiger partial charge in [0, 0.05) is 33.5 Å². The largest absolute Gasteiger partial charge is 0.483 e. The first-order valence-electron chi connectivity index (χ1n) is 10.1. The summed E-state index contributed by atoms with van der Waals surface area (Å²) in [5, 5.41) is 18.3. The lowest BCUT2D eigenvalue weighted by Crippen LogP contribution is -2.20. The van der Waals surface area contributed by atoms with Crippen molar-refractivity contribution in [1.82, 2.24) is 5.43 Å². The second-order valence-electron chi connectivity index (χ2n) is 7.03. The van der Waals surface area contributed by atoms with Gasteiger partial charge in [0.15, 0.2) is 6.61 Å². The Labute approximate surface area is 197 Å². The number of nitrogens with zero attached hydrogens (tertiary/aromatic N) is 2. The molecule has 0 spiro atoms. The van der Waals surface area contributed by atoms with Gasteiger partial charge in [0.2, 0.25) is 0 Å². The monoisotopic (exact) mass is 474 g/mol. The van der Waals surface area contributed by atoms with Crippen LogP contribution < -0.4 is 15.5 Å². The molecule has 9 nitrogen and oxygen atoms in total. The molecule has 10 heteroatoms. The molecule has 0 atom stereocenters. The number of hydrogen-bond donors (Lipinski definition) is 2. The molecule has 34 heavy (non-hydrogen) atoms. The number of carbonyl (C=O) groups excluding carboxylic acids is 2. The van der Waals surface area contributed by atoms with Crippen LogP contribution in [0.25, 0.3) is 10.1 Å². The summed E-state index contributed by atoms with van der Waals surface area (Å²) in [6.45, 7) is -0.194. The van der Waals surface area contributed by atoms with E-state index in [-0.39, 0.29) is 18.2 Å². The van der Waals surface area contributed by atoms with Crippen molar-refractivity contribution in [2.24, 2.45) is 5.10 Å². The molecule has 0 aliphatic rings. The van der Waals surface area contributed by atoms with E-state index in [2.05, 4.69) is 15.8 Å². The number of nitrogens with one attached hydrogen (secondary N) is 2. The van der Waals surface area contributed by atoms with E-state index in [1.165, 1.54) is 29.7 Å². The van der Waals surface area contributed by atoms with Crippen molar-refractivity contribution in [3.8, 4) is 5.75 Å². The van der Waals surface area contributed by atoms with Crippen LogP contribution in [-0.4, -0.2) is 29.6 Å². The molecule has 0 bridgehead atoms. The van der Waals surface area contributed by atoms with Gasteiger partial charge >= 0.3 is 0 Å². The van der Waals surface area contributed by atoms with E-state index in [4.69, 9.17) is 4.74 Å². The van der Waals surface area contributed by atoms with Gasteiger partial charge in [-0.3, -0.25) is 19.7 Å². The smallest absolute Gasteiger partial charge is 0.281 e. The lowest BCUT2D eigenvalue weighted by atomic mass is 10.2. The maximum absolute atomic E-state index is 12.5. The predicted octanol–water partition coefficient (Wildman–Crippen LogP) is 4.59. The zero-order valence-corrected chi connectivity index (χ0v) is 18.5. The second-order valence-corrected chi connectivity index (χ2v) is 8.11. The third-order valence-corrected chi connectivity index (χ3v) is 5.75. The molecule has 0 aliphatic carbocycles. The first-order chi connectivity index (χ1) is 16.5. The standard InChI is InChI=1S/C24H18N4O5S/c29-23(26-18-7-2-1-3-8-18)15-33-20-9-5-4-6-16(20)14-25-27-24(30)22-13-17-12-19(28(31)32)10-11-21(17)34-22/h1-14H,15H2,(H,26,29)(H,27,30). The summed E-state index contributed by atoms with van der Waals surface area (Å²) < 4.78 is 6.37. The summed E-state index contributed by atoms with van der Waals surface area (Å²) >= 11 is 1.21. The highest BCUT2D eigenvalue weighted by Gasteiger charge is 2.13. The first-order valence-corrected chi connectivity index (χ1v) is 10.9. The number of amides is 2. The number of nitro groups is 1. The van der Waals surface area contributed by atoms with Crippen LogP contribution in [0.2, 0.25) is 0 Å². The molecule has 3 aromatic carbocycles. The normalized spacial score (nSPS) is 10.8. The number of rotatable bonds is 8. The lowest BCUT2D eigenvalue weighted by molar-refractivity contribution is -0.384. The molecule has 4 aromatic rings. The van der Waals surface area contributed by atoms with Gasteiger partial charge in [-0.15, -0.1) is 11.3 Å². The minimum atomic E-state index is -0.480. The first kappa shape index (κ1) is 22.6. The summed E-state index contributed by atoms with van der Waals surface area (Å²) in [5.74, 6) is -0.324. The SMILES string of the molecule is O=C(COc1ccccc1C=NNC(=O)c1cc2cc([N+](=O)[O-])ccc2s1)Nc1ccccc1. The van der Waals surface area contributed by atoms with E-state index >= 15 is 0 Å². The fourth-order valence-electron chi connectivity index (χ4n) is 3.05. The molecule has 0 saturated carbocycles. The summed E-state index contributed by atoms with van der Waals surface area (Å²) in [7, 11) is 0. The van der Waals surface area contributed by atoms with Gasteiger partial charge in [0.05, 0.1) is 16.0 Å². The molecular formula is C24H18N4O5S. The van der Waals surface area contributed by atoms with Gasteiger partial charge < -0.3 is 10.1 Å². The van der Waals surface area contributed by atoms with E-state index in [9.17, 15) is 19.7 Å². The van der Waals surface area contributed by atoms with Crippen LogP contribution >= 0.6 is 11.3 Å². The Morgan fingerprint density at radius 2 is 1.79 bits per heavy atom. The van der Waals surface area contributed by atoms with Crippen LogP contribution in [0.4, 0.5) is 11.4 Å². The second kappa shape index (κ2) is 10.4. The number of non-ortho nitro benzene ring substituents is 1. The van der Waals surface area contributed by atoms with Crippen LogP contribution in [0.3, 0.4) is 0 Å². The summed E-state index contributed by atoms with van der Waals surface area (Å²) in [4.78, 5) is 35.4. The minimum absolute atomic E-state index is 0.0377. The number of benzene rings is 3. The van der Waals surface area contributed by atoms with Crippen LogP contribution in [0.1, 0.15) is 15.2 Å². The fraction of sp³-hybridized carbons (Fsp3) is 0.0417. The van der Waals surface area contributed by atoms with Gasteiger partial charge in [-0.1, -0.05) is 30.3 Å². The molecule has 0 fully saturated rings.